The highest BCUT2D eigenvalue weighted by Gasteiger charge is 2.33. The lowest BCUT2D eigenvalue weighted by molar-refractivity contribution is -0.137. The van der Waals surface area contributed by atoms with E-state index in [1.54, 1.807) is 20.0 Å². The SMILES string of the molecule is Cc1c(C=C2SC(=S)N(CCC(=O)O)C2=O)c(N2CCCC2)n(C)c(=O)c1C#N. The Balaban J connectivity index is 2.11. The van der Waals surface area contributed by atoms with Crippen molar-refractivity contribution in [3.05, 3.63) is 31.9 Å². The normalized spacial score (nSPS) is 18.0. The van der Waals surface area contributed by atoms with E-state index in [0.29, 0.717) is 26.2 Å². The lowest BCUT2D eigenvalue weighted by atomic mass is 10.0. The molecular weight excluding hydrogens is 412 g/mol. The Morgan fingerprint density at radius 1 is 1.34 bits per heavy atom. The van der Waals surface area contributed by atoms with Crippen molar-refractivity contribution in [2.45, 2.75) is 26.2 Å². The van der Waals surface area contributed by atoms with Crippen LogP contribution in [0.4, 0.5) is 5.82 Å². The molecule has 1 aromatic heterocycles. The lowest BCUT2D eigenvalue weighted by Gasteiger charge is -2.25. The van der Waals surface area contributed by atoms with E-state index in [4.69, 9.17) is 17.3 Å². The Labute approximate surface area is 177 Å². The summed E-state index contributed by atoms with van der Waals surface area (Å²) in [6.45, 7) is 3.29. The topological polar surface area (TPSA) is 107 Å². The van der Waals surface area contributed by atoms with E-state index in [2.05, 4.69) is 4.90 Å². The molecule has 0 saturated carbocycles. The summed E-state index contributed by atoms with van der Waals surface area (Å²) in [5.41, 5.74) is 0.846. The zero-order valence-electron chi connectivity index (χ0n) is 16.1. The number of thiocarbonyl (C=S) groups is 1. The largest absolute Gasteiger partial charge is 0.481 e. The summed E-state index contributed by atoms with van der Waals surface area (Å²) < 4.78 is 1.77. The summed E-state index contributed by atoms with van der Waals surface area (Å²) in [4.78, 5) is 40.0. The number of rotatable bonds is 5. The Bertz CT molecular complexity index is 1030. The second kappa shape index (κ2) is 8.39. The van der Waals surface area contributed by atoms with Gasteiger partial charge in [0.2, 0.25) is 0 Å². The molecule has 29 heavy (non-hydrogen) atoms. The molecule has 0 unspecified atom stereocenters. The molecule has 1 amide bonds. The van der Waals surface area contributed by atoms with E-state index in [1.807, 2.05) is 6.07 Å². The number of carbonyl (C=O) groups excluding carboxylic acids is 1. The quantitative estimate of drug-likeness (QED) is 0.555. The molecule has 1 N–H and O–H groups in total. The maximum absolute atomic E-state index is 12.8. The average molecular weight is 433 g/mol. The first-order valence-corrected chi connectivity index (χ1v) is 10.3. The van der Waals surface area contributed by atoms with E-state index in [9.17, 15) is 19.6 Å². The van der Waals surface area contributed by atoms with Crippen molar-refractivity contribution >= 4 is 52.1 Å². The van der Waals surface area contributed by atoms with Gasteiger partial charge < -0.3 is 10.0 Å². The van der Waals surface area contributed by atoms with Crippen molar-refractivity contribution in [3.8, 4) is 6.07 Å². The number of carbonyl (C=O) groups is 2. The van der Waals surface area contributed by atoms with Gasteiger partial charge >= 0.3 is 5.97 Å². The molecule has 2 aliphatic heterocycles. The highest BCUT2D eigenvalue weighted by molar-refractivity contribution is 8.26. The first-order valence-electron chi connectivity index (χ1n) is 9.12. The van der Waals surface area contributed by atoms with Crippen LogP contribution in [0.25, 0.3) is 6.08 Å². The van der Waals surface area contributed by atoms with Crippen LogP contribution in [0.1, 0.15) is 36.0 Å². The minimum absolute atomic E-state index is 0.00598. The molecule has 1 aromatic rings. The van der Waals surface area contributed by atoms with Gasteiger partial charge in [-0.2, -0.15) is 5.26 Å². The molecule has 2 fully saturated rings. The van der Waals surface area contributed by atoms with Crippen LogP contribution < -0.4 is 10.5 Å². The third-order valence-corrected chi connectivity index (χ3v) is 6.45. The number of carboxylic acids is 1. The summed E-state index contributed by atoms with van der Waals surface area (Å²) >= 11 is 6.35. The monoisotopic (exact) mass is 432 g/mol. The van der Waals surface area contributed by atoms with Crippen molar-refractivity contribution in [1.29, 1.82) is 5.26 Å². The fourth-order valence-corrected chi connectivity index (χ4v) is 4.84. The second-order valence-electron chi connectivity index (χ2n) is 6.88. The third kappa shape index (κ3) is 3.93. The van der Waals surface area contributed by atoms with Crippen LogP contribution >= 0.6 is 24.0 Å². The number of carboxylic acid groups (broad SMARTS) is 1. The molecule has 2 saturated heterocycles. The number of hydrogen-bond acceptors (Lipinski definition) is 7. The van der Waals surface area contributed by atoms with Crippen molar-refractivity contribution < 1.29 is 14.7 Å². The van der Waals surface area contributed by atoms with Gasteiger partial charge in [0.05, 0.1) is 11.3 Å². The molecule has 0 bridgehead atoms. The molecule has 2 aliphatic rings. The van der Waals surface area contributed by atoms with Crippen LogP contribution in [-0.4, -0.2) is 50.4 Å². The molecule has 0 aliphatic carbocycles. The van der Waals surface area contributed by atoms with E-state index in [0.717, 1.165) is 37.7 Å². The van der Waals surface area contributed by atoms with E-state index in [1.165, 1.54) is 9.47 Å². The summed E-state index contributed by atoms with van der Waals surface area (Å²) in [5.74, 6) is -0.688. The Hall–Kier alpha value is -2.64. The summed E-state index contributed by atoms with van der Waals surface area (Å²) in [7, 11) is 1.63. The fourth-order valence-electron chi connectivity index (χ4n) is 3.55. The molecule has 0 radical (unpaired) electrons. The smallest absolute Gasteiger partial charge is 0.305 e. The van der Waals surface area contributed by atoms with Crippen LogP contribution in [0.15, 0.2) is 9.70 Å². The van der Waals surface area contributed by atoms with Gasteiger partial charge in [-0.05, 0) is 31.4 Å². The first-order chi connectivity index (χ1) is 13.8. The highest BCUT2D eigenvalue weighted by Crippen LogP contribution is 2.36. The maximum atomic E-state index is 12.8. The molecular formula is C19H20N4O4S2. The first kappa shape index (κ1) is 21.1. The number of thioether (sulfide) groups is 1. The minimum Gasteiger partial charge on any atom is -0.481 e. The van der Waals surface area contributed by atoms with Gasteiger partial charge in [-0.1, -0.05) is 24.0 Å². The Kier molecular flexibility index (Phi) is 6.10. The number of anilines is 1. The number of amides is 1. The van der Waals surface area contributed by atoms with Crippen molar-refractivity contribution in [1.82, 2.24) is 9.47 Å². The molecule has 3 heterocycles. The van der Waals surface area contributed by atoms with Crippen LogP contribution in [0, 0.1) is 18.3 Å². The number of aromatic nitrogens is 1. The van der Waals surface area contributed by atoms with Gasteiger partial charge in [0.1, 0.15) is 21.8 Å². The van der Waals surface area contributed by atoms with E-state index < -0.39 is 5.97 Å². The van der Waals surface area contributed by atoms with Crippen molar-refractivity contribution in [3.63, 3.8) is 0 Å². The van der Waals surface area contributed by atoms with Gasteiger partial charge in [-0.15, -0.1) is 0 Å². The van der Waals surface area contributed by atoms with E-state index in [-0.39, 0.29) is 30.0 Å². The van der Waals surface area contributed by atoms with Crippen LogP contribution in [-0.2, 0) is 16.6 Å². The summed E-state index contributed by atoms with van der Waals surface area (Å²) in [6, 6.07) is 1.97. The molecule has 10 heteroatoms. The van der Waals surface area contributed by atoms with Gasteiger partial charge in [-0.25, -0.2) is 0 Å². The summed E-state index contributed by atoms with van der Waals surface area (Å²) in [6.07, 6.45) is 3.48. The molecule has 152 valence electrons. The number of hydrogen-bond donors (Lipinski definition) is 1. The number of pyridine rings is 1. The average Bonchev–Trinajstić information content (AvgIpc) is 3.28. The zero-order chi connectivity index (χ0) is 21.3. The number of aliphatic carboxylic acids is 1. The van der Waals surface area contributed by atoms with Gasteiger partial charge in [0.25, 0.3) is 11.5 Å². The van der Waals surface area contributed by atoms with Crippen molar-refractivity contribution in [2.24, 2.45) is 7.05 Å². The Morgan fingerprint density at radius 3 is 2.59 bits per heavy atom. The predicted octanol–water partition coefficient (Wildman–Crippen LogP) is 1.84. The minimum atomic E-state index is -1.01. The molecule has 8 nitrogen and oxygen atoms in total. The third-order valence-electron chi connectivity index (χ3n) is 5.07. The van der Waals surface area contributed by atoms with Crippen molar-refractivity contribution in [2.75, 3.05) is 24.5 Å². The number of nitrogens with zero attached hydrogens (tertiary/aromatic N) is 4. The zero-order valence-corrected chi connectivity index (χ0v) is 17.7. The Morgan fingerprint density at radius 2 is 2.00 bits per heavy atom. The molecule has 3 rings (SSSR count). The van der Waals surface area contributed by atoms with Crippen LogP contribution in [0.5, 0.6) is 0 Å². The second-order valence-corrected chi connectivity index (χ2v) is 8.56. The van der Waals surface area contributed by atoms with Crippen LogP contribution in [0.2, 0.25) is 0 Å². The lowest BCUT2D eigenvalue weighted by Crippen LogP contribution is -2.31. The maximum Gasteiger partial charge on any atom is 0.305 e. The summed E-state index contributed by atoms with van der Waals surface area (Å²) in [5, 5.41) is 18.4. The highest BCUT2D eigenvalue weighted by atomic mass is 32.2. The predicted molar refractivity (Wildman–Crippen MR) is 115 cm³/mol. The standard InChI is InChI=1S/C19H20N4O4S2/c1-11-12(9-14-18(27)23(19(28)29-14)8-5-15(24)25)16(22-6-3-4-7-22)21(2)17(26)13(11)10-20/h9H,3-8H2,1-2H3,(H,24,25). The molecule has 0 spiro atoms. The fraction of sp³-hybridized carbons (Fsp3) is 0.421. The number of nitriles is 1. The van der Waals surface area contributed by atoms with Gasteiger partial charge in [0.15, 0.2) is 0 Å². The molecule has 0 atom stereocenters. The van der Waals surface area contributed by atoms with Gasteiger partial charge in [-0.3, -0.25) is 23.9 Å². The molecule has 0 aromatic carbocycles. The van der Waals surface area contributed by atoms with Crippen LogP contribution in [0.3, 0.4) is 0 Å². The van der Waals surface area contributed by atoms with E-state index >= 15 is 0 Å². The van der Waals surface area contributed by atoms with Gasteiger partial charge in [0, 0.05) is 32.2 Å².